The third-order valence-corrected chi connectivity index (χ3v) is 4.85. The van der Waals surface area contributed by atoms with Gasteiger partial charge in [-0.3, -0.25) is 4.79 Å². The van der Waals surface area contributed by atoms with E-state index in [1.165, 1.54) is 25.7 Å². The summed E-state index contributed by atoms with van der Waals surface area (Å²) in [5.74, 6) is 2.43. The van der Waals surface area contributed by atoms with E-state index in [4.69, 9.17) is 5.26 Å². The normalized spacial score (nSPS) is 27.2. The van der Waals surface area contributed by atoms with Gasteiger partial charge in [0.15, 0.2) is 0 Å². The molecule has 2 aliphatic rings. The fraction of sp³-hybridized carbons (Fsp3) is 0.529. The van der Waals surface area contributed by atoms with Gasteiger partial charge < -0.3 is 5.32 Å². The first-order valence-electron chi connectivity index (χ1n) is 7.50. The Morgan fingerprint density at radius 2 is 2.05 bits per heavy atom. The van der Waals surface area contributed by atoms with Gasteiger partial charge in [-0.15, -0.1) is 0 Å². The second-order valence-electron chi connectivity index (χ2n) is 6.22. The van der Waals surface area contributed by atoms with E-state index in [0.717, 1.165) is 23.1 Å². The number of hydrogen-bond acceptors (Lipinski definition) is 2. The fourth-order valence-corrected chi connectivity index (χ4v) is 3.87. The molecular formula is C17H20N2O. The Hall–Kier alpha value is -1.82. The minimum Gasteiger partial charge on any atom is -0.326 e. The lowest BCUT2D eigenvalue weighted by atomic mass is 9.86. The number of nitrogens with one attached hydrogen (secondary N) is 1. The molecule has 104 valence electrons. The van der Waals surface area contributed by atoms with E-state index in [2.05, 4.69) is 11.4 Å². The van der Waals surface area contributed by atoms with Crippen molar-refractivity contribution in [1.82, 2.24) is 0 Å². The van der Waals surface area contributed by atoms with Crippen LogP contribution in [-0.2, 0) is 11.2 Å². The summed E-state index contributed by atoms with van der Waals surface area (Å²) < 4.78 is 0. The topological polar surface area (TPSA) is 52.9 Å². The molecule has 2 bridgehead atoms. The van der Waals surface area contributed by atoms with E-state index in [1.807, 2.05) is 24.3 Å². The van der Waals surface area contributed by atoms with Crippen LogP contribution >= 0.6 is 0 Å². The average Bonchev–Trinajstić information content (AvgIpc) is 3.03. The molecule has 0 spiro atoms. The first-order chi connectivity index (χ1) is 9.74. The zero-order chi connectivity index (χ0) is 13.9. The summed E-state index contributed by atoms with van der Waals surface area (Å²) >= 11 is 0. The number of amides is 1. The Bertz CT molecular complexity index is 529. The zero-order valence-electron chi connectivity index (χ0n) is 11.6. The Kier molecular flexibility index (Phi) is 3.73. The summed E-state index contributed by atoms with van der Waals surface area (Å²) in [7, 11) is 0. The highest BCUT2D eigenvalue weighted by Gasteiger charge is 2.40. The van der Waals surface area contributed by atoms with Crippen molar-refractivity contribution in [2.24, 2.45) is 17.8 Å². The number of benzene rings is 1. The van der Waals surface area contributed by atoms with E-state index < -0.39 is 0 Å². The van der Waals surface area contributed by atoms with Crippen molar-refractivity contribution < 1.29 is 4.79 Å². The molecule has 1 N–H and O–H groups in total. The van der Waals surface area contributed by atoms with E-state index in [0.29, 0.717) is 18.8 Å². The second-order valence-corrected chi connectivity index (χ2v) is 6.22. The molecule has 0 aromatic heterocycles. The molecule has 2 fully saturated rings. The van der Waals surface area contributed by atoms with Crippen LogP contribution in [0.4, 0.5) is 5.69 Å². The average molecular weight is 268 g/mol. The first-order valence-corrected chi connectivity index (χ1v) is 7.50. The zero-order valence-corrected chi connectivity index (χ0v) is 11.6. The second kappa shape index (κ2) is 5.66. The van der Waals surface area contributed by atoms with Gasteiger partial charge in [-0.1, -0.05) is 18.6 Å². The molecular weight excluding hydrogens is 248 g/mol. The number of carbonyl (C=O) groups is 1. The molecule has 3 atom stereocenters. The van der Waals surface area contributed by atoms with E-state index in [9.17, 15) is 4.79 Å². The lowest BCUT2D eigenvalue weighted by molar-refractivity contribution is -0.117. The molecule has 1 aromatic rings. The molecule has 1 aromatic carbocycles. The summed E-state index contributed by atoms with van der Waals surface area (Å²) in [4.78, 5) is 12.1. The highest BCUT2D eigenvalue weighted by atomic mass is 16.1. The van der Waals surface area contributed by atoms with E-state index in [1.54, 1.807) is 0 Å². The highest BCUT2D eigenvalue weighted by Crippen LogP contribution is 2.49. The molecule has 3 rings (SSSR count). The Balaban J connectivity index is 1.52. The van der Waals surface area contributed by atoms with E-state index >= 15 is 0 Å². The van der Waals surface area contributed by atoms with Crippen LogP contribution in [0.1, 0.15) is 37.7 Å². The van der Waals surface area contributed by atoms with Gasteiger partial charge in [-0.05, 0) is 54.7 Å². The van der Waals surface area contributed by atoms with Crippen molar-refractivity contribution in [3.8, 4) is 6.07 Å². The van der Waals surface area contributed by atoms with Crippen molar-refractivity contribution in [2.75, 3.05) is 5.32 Å². The van der Waals surface area contributed by atoms with Crippen molar-refractivity contribution >= 4 is 11.6 Å². The molecule has 0 heterocycles. The van der Waals surface area contributed by atoms with Gasteiger partial charge >= 0.3 is 0 Å². The highest BCUT2D eigenvalue weighted by molar-refractivity contribution is 5.90. The van der Waals surface area contributed by atoms with Crippen LogP contribution in [0, 0.1) is 29.1 Å². The molecule has 2 aliphatic carbocycles. The predicted molar refractivity (Wildman–Crippen MR) is 77.9 cm³/mol. The number of nitrogens with zero attached hydrogens (tertiary/aromatic N) is 1. The van der Waals surface area contributed by atoms with E-state index in [-0.39, 0.29) is 5.91 Å². The maximum atomic E-state index is 12.1. The Morgan fingerprint density at radius 3 is 2.65 bits per heavy atom. The van der Waals surface area contributed by atoms with Crippen LogP contribution in [0.2, 0.25) is 0 Å². The molecule has 20 heavy (non-hydrogen) atoms. The predicted octanol–water partition coefficient (Wildman–Crippen LogP) is 3.52. The quantitative estimate of drug-likeness (QED) is 0.908. The van der Waals surface area contributed by atoms with Gasteiger partial charge in [0.25, 0.3) is 0 Å². The SMILES string of the molecule is N#CCc1ccc(NC(=O)CC2CC3CCC2C3)cc1. The number of anilines is 1. The number of nitriles is 1. The standard InChI is InChI=1S/C17H20N2O/c18-8-7-12-2-5-16(6-3-12)19-17(20)11-15-10-13-1-4-14(15)9-13/h2-3,5-6,13-15H,1,4,7,9-11H2,(H,19,20). The van der Waals surface area contributed by atoms with Crippen LogP contribution in [0.3, 0.4) is 0 Å². The van der Waals surface area contributed by atoms with Crippen molar-refractivity contribution in [3.63, 3.8) is 0 Å². The fourth-order valence-electron chi connectivity index (χ4n) is 3.87. The third-order valence-electron chi connectivity index (χ3n) is 4.85. The molecule has 0 aliphatic heterocycles. The summed E-state index contributed by atoms with van der Waals surface area (Å²) in [5.41, 5.74) is 1.82. The van der Waals surface area contributed by atoms with Crippen LogP contribution in [0.5, 0.6) is 0 Å². The molecule has 0 saturated heterocycles. The summed E-state index contributed by atoms with van der Waals surface area (Å²) in [6, 6.07) is 9.68. The molecule has 3 nitrogen and oxygen atoms in total. The van der Waals surface area contributed by atoms with Gasteiger partial charge in [0.05, 0.1) is 12.5 Å². The third kappa shape index (κ3) is 2.85. The van der Waals surface area contributed by atoms with Crippen molar-refractivity contribution in [3.05, 3.63) is 29.8 Å². The number of rotatable bonds is 4. The number of hydrogen-bond donors (Lipinski definition) is 1. The molecule has 2 saturated carbocycles. The molecule has 0 radical (unpaired) electrons. The molecule has 3 unspecified atom stereocenters. The number of carbonyl (C=O) groups excluding carboxylic acids is 1. The maximum absolute atomic E-state index is 12.1. The van der Waals surface area contributed by atoms with Crippen LogP contribution in [-0.4, -0.2) is 5.91 Å². The Labute approximate surface area is 120 Å². The lowest BCUT2D eigenvalue weighted by Gasteiger charge is -2.20. The summed E-state index contributed by atoms with van der Waals surface area (Å²) in [6.07, 6.45) is 6.38. The monoisotopic (exact) mass is 268 g/mol. The van der Waals surface area contributed by atoms with Gasteiger partial charge in [-0.2, -0.15) is 5.26 Å². The minimum absolute atomic E-state index is 0.135. The molecule has 3 heteroatoms. The van der Waals surface area contributed by atoms with Crippen LogP contribution < -0.4 is 5.32 Å². The minimum atomic E-state index is 0.135. The smallest absolute Gasteiger partial charge is 0.224 e. The summed E-state index contributed by atoms with van der Waals surface area (Å²) in [5, 5.41) is 11.6. The molecule has 1 amide bonds. The van der Waals surface area contributed by atoms with Crippen molar-refractivity contribution in [1.29, 1.82) is 5.26 Å². The largest absolute Gasteiger partial charge is 0.326 e. The van der Waals surface area contributed by atoms with Crippen LogP contribution in [0.25, 0.3) is 0 Å². The van der Waals surface area contributed by atoms with Gasteiger partial charge in [0.2, 0.25) is 5.91 Å². The first kappa shape index (κ1) is 13.2. The van der Waals surface area contributed by atoms with Gasteiger partial charge in [0, 0.05) is 12.1 Å². The lowest BCUT2D eigenvalue weighted by Crippen LogP contribution is -2.20. The van der Waals surface area contributed by atoms with Gasteiger partial charge in [0.1, 0.15) is 0 Å². The maximum Gasteiger partial charge on any atom is 0.224 e. The Morgan fingerprint density at radius 1 is 1.25 bits per heavy atom. The summed E-state index contributed by atoms with van der Waals surface area (Å²) in [6.45, 7) is 0. The van der Waals surface area contributed by atoms with Crippen molar-refractivity contribution in [2.45, 2.75) is 38.5 Å². The van der Waals surface area contributed by atoms with Crippen LogP contribution in [0.15, 0.2) is 24.3 Å². The van der Waals surface area contributed by atoms with Gasteiger partial charge in [-0.25, -0.2) is 0 Å². The number of fused-ring (bicyclic) bond motifs is 2.